The molecule has 10 aromatic carbocycles. The highest BCUT2D eigenvalue weighted by molar-refractivity contribution is 6.09. The van der Waals surface area contributed by atoms with Gasteiger partial charge in [-0.3, -0.25) is 0 Å². The average Bonchev–Trinajstić information content (AvgIpc) is 3.82. The summed E-state index contributed by atoms with van der Waals surface area (Å²) in [5, 5.41) is 2.55. The summed E-state index contributed by atoms with van der Waals surface area (Å²) in [5.41, 5.74) is 21.4. The molecule has 0 saturated heterocycles. The Hall–Kier alpha value is -8.20. The van der Waals surface area contributed by atoms with Gasteiger partial charge in [0, 0.05) is 38.7 Å². The second kappa shape index (κ2) is 15.6. The third kappa shape index (κ3) is 6.49. The Morgan fingerprint density at radius 2 is 0.754 bits per heavy atom. The number of benzene rings is 10. The summed E-state index contributed by atoms with van der Waals surface area (Å²) in [4.78, 5) is 2.50. The summed E-state index contributed by atoms with van der Waals surface area (Å²) in [6, 6.07) is 88.9. The number of fused-ring (bicyclic) bond motifs is 6. The monoisotopic (exact) mass is 830 g/mol. The summed E-state index contributed by atoms with van der Waals surface area (Å²) in [6.45, 7) is 4.79. The molecular formula is C63H46N2. The van der Waals surface area contributed by atoms with Crippen LogP contribution in [0.4, 0.5) is 17.1 Å². The van der Waals surface area contributed by atoms with Gasteiger partial charge in [-0.05, 0) is 116 Å². The normalized spacial score (nSPS) is 12.6. The van der Waals surface area contributed by atoms with Crippen molar-refractivity contribution in [3.8, 4) is 61.3 Å². The average molecular weight is 831 g/mol. The first-order chi connectivity index (χ1) is 32.0. The first kappa shape index (κ1) is 38.5. The van der Waals surface area contributed by atoms with E-state index in [0.717, 1.165) is 28.2 Å². The fraction of sp³-hybridized carbons (Fsp3) is 0.0476. The van der Waals surface area contributed by atoms with Crippen molar-refractivity contribution < 1.29 is 0 Å². The van der Waals surface area contributed by atoms with Gasteiger partial charge >= 0.3 is 0 Å². The molecule has 1 aliphatic rings. The molecule has 0 N–H and O–H groups in total. The highest BCUT2D eigenvalue weighted by Crippen LogP contribution is 2.53. The van der Waals surface area contributed by atoms with E-state index in [1.165, 1.54) is 83.1 Å². The second-order valence-electron chi connectivity index (χ2n) is 17.7. The summed E-state index contributed by atoms with van der Waals surface area (Å²) in [6.07, 6.45) is 0. The van der Waals surface area contributed by atoms with Crippen molar-refractivity contribution in [2.75, 3.05) is 4.90 Å². The number of hydrogen-bond acceptors (Lipinski definition) is 1. The van der Waals surface area contributed by atoms with Crippen molar-refractivity contribution in [2.45, 2.75) is 19.3 Å². The van der Waals surface area contributed by atoms with Crippen LogP contribution in [-0.2, 0) is 5.41 Å². The molecule has 0 saturated carbocycles. The van der Waals surface area contributed by atoms with Gasteiger partial charge in [0.05, 0.1) is 22.4 Å². The third-order valence-corrected chi connectivity index (χ3v) is 13.6. The quantitative estimate of drug-likeness (QED) is 0.148. The molecule has 1 aromatic heterocycles. The van der Waals surface area contributed by atoms with E-state index in [-0.39, 0.29) is 5.41 Å². The van der Waals surface area contributed by atoms with Crippen LogP contribution in [0, 0.1) is 0 Å². The molecule has 0 spiro atoms. The van der Waals surface area contributed by atoms with E-state index in [9.17, 15) is 0 Å². The Morgan fingerprint density at radius 3 is 1.31 bits per heavy atom. The Morgan fingerprint density at radius 1 is 0.323 bits per heavy atom. The van der Waals surface area contributed by atoms with Crippen LogP contribution in [0.3, 0.4) is 0 Å². The van der Waals surface area contributed by atoms with Crippen LogP contribution in [0.5, 0.6) is 0 Å². The number of aromatic nitrogens is 1. The third-order valence-electron chi connectivity index (χ3n) is 13.6. The van der Waals surface area contributed by atoms with Crippen molar-refractivity contribution in [1.82, 2.24) is 4.57 Å². The van der Waals surface area contributed by atoms with E-state index in [4.69, 9.17) is 0 Å². The van der Waals surface area contributed by atoms with E-state index < -0.39 is 0 Å². The lowest BCUT2D eigenvalue weighted by Crippen LogP contribution is -2.17. The summed E-state index contributed by atoms with van der Waals surface area (Å²) >= 11 is 0. The van der Waals surface area contributed by atoms with Gasteiger partial charge in [-0.2, -0.15) is 0 Å². The lowest BCUT2D eigenvalue weighted by atomic mass is 9.82. The van der Waals surface area contributed by atoms with E-state index in [2.05, 4.69) is 266 Å². The van der Waals surface area contributed by atoms with Crippen LogP contribution in [0.15, 0.2) is 243 Å². The fourth-order valence-electron chi connectivity index (χ4n) is 10.4. The van der Waals surface area contributed by atoms with Gasteiger partial charge in [-0.25, -0.2) is 0 Å². The molecule has 1 heterocycles. The maximum absolute atomic E-state index is 2.50. The predicted octanol–water partition coefficient (Wildman–Crippen LogP) is 17.2. The van der Waals surface area contributed by atoms with Crippen LogP contribution in [0.25, 0.3) is 83.1 Å². The van der Waals surface area contributed by atoms with Crippen LogP contribution < -0.4 is 4.90 Å². The van der Waals surface area contributed by atoms with E-state index >= 15 is 0 Å². The lowest BCUT2D eigenvalue weighted by molar-refractivity contribution is 0.660. The fourth-order valence-corrected chi connectivity index (χ4v) is 10.4. The molecule has 65 heavy (non-hydrogen) atoms. The zero-order chi connectivity index (χ0) is 43.5. The van der Waals surface area contributed by atoms with E-state index in [1.807, 2.05) is 0 Å². The molecule has 0 radical (unpaired) electrons. The van der Waals surface area contributed by atoms with Crippen molar-refractivity contribution in [3.05, 3.63) is 254 Å². The molecule has 0 aliphatic heterocycles. The Bertz CT molecular complexity index is 3400. The Kier molecular flexibility index (Phi) is 9.21. The molecule has 1 aliphatic carbocycles. The van der Waals surface area contributed by atoms with Crippen LogP contribution in [-0.4, -0.2) is 4.57 Å². The highest BCUT2D eigenvalue weighted by Gasteiger charge is 2.37. The number of anilines is 3. The summed E-state index contributed by atoms with van der Waals surface area (Å²) in [7, 11) is 0. The Labute approximate surface area is 381 Å². The van der Waals surface area contributed by atoms with Gasteiger partial charge in [0.2, 0.25) is 0 Å². The number of hydrogen-bond donors (Lipinski definition) is 0. The molecule has 0 amide bonds. The molecule has 2 nitrogen and oxygen atoms in total. The topological polar surface area (TPSA) is 8.17 Å². The summed E-state index contributed by atoms with van der Waals surface area (Å²) in [5.74, 6) is 0. The van der Waals surface area contributed by atoms with Gasteiger partial charge in [0.15, 0.2) is 0 Å². The first-order valence-corrected chi connectivity index (χ1v) is 22.6. The smallest absolute Gasteiger partial charge is 0.0541 e. The van der Waals surface area contributed by atoms with Gasteiger partial charge in [0.1, 0.15) is 0 Å². The minimum absolute atomic E-state index is 0.270. The standard InChI is InChI=1S/C63H46N2/c1-63(2)57-41-49(35-37-53(57)54-38-36-50(42-58(54)63)65-61-33-15-11-29-55(61)56-30-12-16-34-62(56)65)64(59-31-13-9-27-51(59)47-25-17-23-45(39-47)43-19-5-3-6-20-43)60-32-14-10-28-52(60)48-26-18-24-46(40-48)44-21-7-4-8-22-44/h3-42H,1-2H3. The molecular weight excluding hydrogens is 785 g/mol. The van der Waals surface area contributed by atoms with E-state index in [0.29, 0.717) is 0 Å². The lowest BCUT2D eigenvalue weighted by Gasteiger charge is -2.31. The number of rotatable bonds is 8. The molecule has 12 rings (SSSR count). The molecule has 0 atom stereocenters. The first-order valence-electron chi connectivity index (χ1n) is 22.6. The number of para-hydroxylation sites is 4. The zero-order valence-corrected chi connectivity index (χ0v) is 36.5. The van der Waals surface area contributed by atoms with Crippen LogP contribution >= 0.6 is 0 Å². The highest BCUT2D eigenvalue weighted by atomic mass is 15.1. The molecule has 11 aromatic rings. The minimum atomic E-state index is -0.270. The SMILES string of the molecule is CC1(C)c2cc(N(c3ccccc3-c3cccc(-c4ccccc4)c3)c3ccccc3-c3cccc(-c4ccccc4)c3)ccc2-c2ccc(-n3c4ccccc4c4ccccc43)cc21. The molecule has 308 valence electrons. The van der Waals surface area contributed by atoms with Gasteiger partial charge in [-0.1, -0.05) is 196 Å². The maximum atomic E-state index is 2.50. The van der Waals surface area contributed by atoms with Gasteiger partial charge in [0.25, 0.3) is 0 Å². The minimum Gasteiger partial charge on any atom is -0.309 e. The van der Waals surface area contributed by atoms with Crippen molar-refractivity contribution in [2.24, 2.45) is 0 Å². The van der Waals surface area contributed by atoms with Gasteiger partial charge < -0.3 is 9.47 Å². The predicted molar refractivity (Wildman–Crippen MR) is 275 cm³/mol. The zero-order valence-electron chi connectivity index (χ0n) is 36.5. The Balaban J connectivity index is 1.03. The van der Waals surface area contributed by atoms with Gasteiger partial charge in [-0.15, -0.1) is 0 Å². The van der Waals surface area contributed by atoms with Crippen LogP contribution in [0.1, 0.15) is 25.0 Å². The largest absolute Gasteiger partial charge is 0.309 e. The second-order valence-corrected chi connectivity index (χ2v) is 17.7. The van der Waals surface area contributed by atoms with E-state index in [1.54, 1.807) is 0 Å². The molecule has 0 unspecified atom stereocenters. The number of nitrogens with zero attached hydrogens (tertiary/aromatic N) is 2. The van der Waals surface area contributed by atoms with Crippen molar-refractivity contribution >= 4 is 38.9 Å². The summed E-state index contributed by atoms with van der Waals surface area (Å²) < 4.78 is 2.44. The van der Waals surface area contributed by atoms with Crippen molar-refractivity contribution in [3.63, 3.8) is 0 Å². The molecule has 0 bridgehead atoms. The molecule has 2 heteroatoms. The maximum Gasteiger partial charge on any atom is 0.0541 e. The van der Waals surface area contributed by atoms with Crippen LogP contribution in [0.2, 0.25) is 0 Å². The van der Waals surface area contributed by atoms with Crippen molar-refractivity contribution in [1.29, 1.82) is 0 Å². The molecule has 0 fully saturated rings.